The van der Waals surface area contributed by atoms with Gasteiger partial charge in [0.2, 0.25) is 0 Å². The fourth-order valence-electron chi connectivity index (χ4n) is 2.10. The Labute approximate surface area is 117 Å². The average molecular weight is 321 g/mol. The summed E-state index contributed by atoms with van der Waals surface area (Å²) in [5.74, 6) is 0.144. The summed E-state index contributed by atoms with van der Waals surface area (Å²) >= 11 is 3.39. The van der Waals surface area contributed by atoms with Crippen molar-refractivity contribution in [1.82, 2.24) is 9.55 Å². The van der Waals surface area contributed by atoms with Crippen molar-refractivity contribution >= 4 is 27.0 Å². The third kappa shape index (κ3) is 2.00. The zero-order valence-corrected chi connectivity index (χ0v) is 11.6. The van der Waals surface area contributed by atoms with E-state index in [-0.39, 0.29) is 5.75 Å². The van der Waals surface area contributed by atoms with E-state index in [0.29, 0.717) is 11.4 Å². The molecule has 1 heterocycles. The fourth-order valence-corrected chi connectivity index (χ4v) is 2.45. The zero-order valence-electron chi connectivity index (χ0n) is 10.1. The molecule has 0 atom stereocenters. The first-order valence-corrected chi connectivity index (χ1v) is 6.46. The van der Waals surface area contributed by atoms with Gasteiger partial charge in [0.15, 0.2) is 0 Å². The number of aryl methyl sites for hydroxylation is 1. The van der Waals surface area contributed by atoms with Crippen LogP contribution in [0.15, 0.2) is 40.9 Å². The highest BCUT2D eigenvalue weighted by Gasteiger charge is 2.14. The van der Waals surface area contributed by atoms with Gasteiger partial charge in [0.1, 0.15) is 17.4 Å². The highest BCUT2D eigenvalue weighted by atomic mass is 79.9. The number of imidazole rings is 1. The number of halogens is 2. The lowest BCUT2D eigenvalue weighted by Gasteiger charge is -2.05. The van der Waals surface area contributed by atoms with Crippen LogP contribution in [0, 0.1) is 5.82 Å². The molecule has 0 saturated heterocycles. The van der Waals surface area contributed by atoms with Gasteiger partial charge in [-0.3, -0.25) is 0 Å². The number of benzene rings is 2. The van der Waals surface area contributed by atoms with E-state index in [2.05, 4.69) is 20.9 Å². The Morgan fingerprint density at radius 2 is 2.00 bits per heavy atom. The quantitative estimate of drug-likeness (QED) is 0.739. The fraction of sp³-hybridized carbons (Fsp3) is 0.0714. The van der Waals surface area contributed by atoms with Crippen LogP contribution in [0.4, 0.5) is 4.39 Å². The van der Waals surface area contributed by atoms with Gasteiger partial charge in [-0.15, -0.1) is 0 Å². The summed E-state index contributed by atoms with van der Waals surface area (Å²) in [6.07, 6.45) is 0. The zero-order chi connectivity index (χ0) is 13.6. The lowest BCUT2D eigenvalue weighted by Crippen LogP contribution is -1.93. The average Bonchev–Trinajstić information content (AvgIpc) is 2.69. The molecule has 3 rings (SSSR count). The van der Waals surface area contributed by atoms with Crippen LogP contribution in [0.1, 0.15) is 0 Å². The van der Waals surface area contributed by atoms with Gasteiger partial charge in [0.05, 0.1) is 16.6 Å². The topological polar surface area (TPSA) is 38.0 Å². The van der Waals surface area contributed by atoms with Crippen molar-refractivity contribution in [3.63, 3.8) is 0 Å². The number of hydrogen-bond donors (Lipinski definition) is 1. The molecule has 0 aliphatic heterocycles. The van der Waals surface area contributed by atoms with Crippen LogP contribution >= 0.6 is 15.9 Å². The van der Waals surface area contributed by atoms with Gasteiger partial charge >= 0.3 is 0 Å². The van der Waals surface area contributed by atoms with Crippen molar-refractivity contribution in [2.24, 2.45) is 7.05 Å². The maximum absolute atomic E-state index is 13.3. The molecule has 0 radical (unpaired) electrons. The molecule has 0 aliphatic rings. The lowest BCUT2D eigenvalue weighted by atomic mass is 10.2. The Hall–Kier alpha value is -1.88. The van der Waals surface area contributed by atoms with Gasteiger partial charge in [-0.2, -0.15) is 0 Å². The minimum Gasteiger partial charge on any atom is -0.507 e. The minimum atomic E-state index is -0.402. The number of phenolic OH excluding ortho intramolecular Hbond substituents is 1. The number of rotatable bonds is 1. The van der Waals surface area contributed by atoms with E-state index in [4.69, 9.17) is 0 Å². The molecule has 2 aromatic carbocycles. The summed E-state index contributed by atoms with van der Waals surface area (Å²) in [4.78, 5) is 4.45. The molecule has 0 spiro atoms. The smallest absolute Gasteiger partial charge is 0.144 e. The van der Waals surface area contributed by atoms with E-state index >= 15 is 0 Å². The van der Waals surface area contributed by atoms with Crippen molar-refractivity contribution in [2.45, 2.75) is 0 Å². The molecule has 0 fully saturated rings. The first-order chi connectivity index (χ1) is 9.06. The summed E-state index contributed by atoms with van der Waals surface area (Å²) < 4.78 is 16.1. The molecule has 1 N–H and O–H groups in total. The van der Waals surface area contributed by atoms with E-state index in [9.17, 15) is 9.50 Å². The Morgan fingerprint density at radius 3 is 2.79 bits per heavy atom. The summed E-state index contributed by atoms with van der Waals surface area (Å²) in [6.45, 7) is 0. The second-order valence-corrected chi connectivity index (χ2v) is 5.20. The van der Waals surface area contributed by atoms with Crippen LogP contribution < -0.4 is 0 Å². The first-order valence-electron chi connectivity index (χ1n) is 5.67. The van der Waals surface area contributed by atoms with Gasteiger partial charge in [-0.25, -0.2) is 9.37 Å². The highest BCUT2D eigenvalue weighted by Crippen LogP contribution is 2.31. The Bertz CT molecular complexity index is 782. The van der Waals surface area contributed by atoms with E-state index in [1.54, 1.807) is 0 Å². The predicted octanol–water partition coefficient (Wildman–Crippen LogP) is 3.85. The molecular formula is C14H10BrFN2O. The largest absolute Gasteiger partial charge is 0.507 e. The van der Waals surface area contributed by atoms with Crippen molar-refractivity contribution in [3.05, 3.63) is 46.7 Å². The molecule has 19 heavy (non-hydrogen) atoms. The summed E-state index contributed by atoms with van der Waals surface area (Å²) in [5, 5.41) is 9.86. The van der Waals surface area contributed by atoms with E-state index in [1.165, 1.54) is 18.2 Å². The Balaban J connectivity index is 2.30. The molecule has 0 unspecified atom stereocenters. The summed E-state index contributed by atoms with van der Waals surface area (Å²) in [6, 6.07) is 9.56. The normalized spacial score (nSPS) is 11.1. The number of hydrogen-bond acceptors (Lipinski definition) is 2. The number of aromatic nitrogens is 2. The van der Waals surface area contributed by atoms with Crippen LogP contribution in [-0.4, -0.2) is 14.7 Å². The molecule has 0 aliphatic carbocycles. The van der Waals surface area contributed by atoms with Gasteiger partial charge < -0.3 is 9.67 Å². The number of aromatic hydroxyl groups is 1. The SMILES string of the molecule is Cn1c(-c2cc(F)ccc2O)nc2cc(Br)ccc21. The third-order valence-electron chi connectivity index (χ3n) is 3.04. The standard InChI is InChI=1S/C14H10BrFN2O/c1-18-12-4-2-8(15)6-11(12)17-14(18)10-7-9(16)3-5-13(10)19/h2-7,19H,1H3. The summed E-state index contributed by atoms with van der Waals surface area (Å²) in [5.41, 5.74) is 2.09. The van der Waals surface area contributed by atoms with E-state index in [0.717, 1.165) is 15.5 Å². The second kappa shape index (κ2) is 4.35. The number of phenols is 1. The first kappa shape index (κ1) is 12.2. The molecule has 3 nitrogen and oxygen atoms in total. The molecule has 3 aromatic rings. The molecule has 0 amide bonds. The van der Waals surface area contributed by atoms with E-state index < -0.39 is 5.82 Å². The molecule has 1 aromatic heterocycles. The molecule has 0 saturated carbocycles. The van der Waals surface area contributed by atoms with Gasteiger partial charge in [0.25, 0.3) is 0 Å². The molecular weight excluding hydrogens is 311 g/mol. The van der Waals surface area contributed by atoms with Crippen LogP contribution in [0.5, 0.6) is 5.75 Å². The van der Waals surface area contributed by atoms with Gasteiger partial charge in [-0.05, 0) is 36.4 Å². The lowest BCUT2D eigenvalue weighted by molar-refractivity contribution is 0.474. The second-order valence-electron chi connectivity index (χ2n) is 4.29. The predicted molar refractivity (Wildman–Crippen MR) is 75.5 cm³/mol. The van der Waals surface area contributed by atoms with Crippen molar-refractivity contribution < 1.29 is 9.50 Å². The molecule has 0 bridgehead atoms. The monoisotopic (exact) mass is 320 g/mol. The molecule has 5 heteroatoms. The van der Waals surface area contributed by atoms with Crippen molar-refractivity contribution in [3.8, 4) is 17.1 Å². The summed E-state index contributed by atoms with van der Waals surface area (Å²) in [7, 11) is 1.84. The maximum Gasteiger partial charge on any atom is 0.144 e. The molecule has 96 valence electrons. The Morgan fingerprint density at radius 1 is 1.21 bits per heavy atom. The Kier molecular flexibility index (Phi) is 2.78. The third-order valence-corrected chi connectivity index (χ3v) is 3.54. The maximum atomic E-state index is 13.3. The van der Waals surface area contributed by atoms with Crippen molar-refractivity contribution in [1.29, 1.82) is 0 Å². The van der Waals surface area contributed by atoms with Crippen LogP contribution in [-0.2, 0) is 7.05 Å². The van der Waals surface area contributed by atoms with E-state index in [1.807, 2.05) is 29.8 Å². The number of nitrogens with zero attached hydrogens (tertiary/aromatic N) is 2. The van der Waals surface area contributed by atoms with Crippen LogP contribution in [0.25, 0.3) is 22.4 Å². The number of fused-ring (bicyclic) bond motifs is 1. The van der Waals surface area contributed by atoms with Gasteiger partial charge in [0, 0.05) is 11.5 Å². The van der Waals surface area contributed by atoms with Crippen molar-refractivity contribution in [2.75, 3.05) is 0 Å². The highest BCUT2D eigenvalue weighted by molar-refractivity contribution is 9.10. The van der Waals surface area contributed by atoms with Crippen LogP contribution in [0.2, 0.25) is 0 Å². The minimum absolute atomic E-state index is 0.0128. The van der Waals surface area contributed by atoms with Gasteiger partial charge in [-0.1, -0.05) is 15.9 Å². The van der Waals surface area contributed by atoms with Crippen LogP contribution in [0.3, 0.4) is 0 Å².